The Labute approximate surface area is 200 Å². The first kappa shape index (κ1) is 22.7. The van der Waals surface area contributed by atoms with Crippen molar-refractivity contribution in [1.29, 1.82) is 0 Å². The molecule has 0 saturated carbocycles. The molecule has 0 aliphatic heterocycles. The third-order valence-corrected chi connectivity index (χ3v) is 7.62. The van der Waals surface area contributed by atoms with E-state index in [-0.39, 0.29) is 11.6 Å². The van der Waals surface area contributed by atoms with Crippen LogP contribution < -0.4 is 11.1 Å². The fourth-order valence-corrected chi connectivity index (χ4v) is 5.17. The van der Waals surface area contributed by atoms with Crippen LogP contribution in [0.4, 0.5) is 5.69 Å². The van der Waals surface area contributed by atoms with Gasteiger partial charge in [-0.1, -0.05) is 6.07 Å². The molecule has 0 fully saturated rings. The van der Waals surface area contributed by atoms with E-state index in [1.165, 1.54) is 24.9 Å². The van der Waals surface area contributed by atoms with Crippen molar-refractivity contribution in [2.75, 3.05) is 17.8 Å². The standard InChI is InChI=1S/C24H24N6O4S/c1-35(2,33,34)18-8-6-17(7-9-18)30-22-19(21(29-30)23(25)31)10-4-14-3-5-16(11-20(14)22)28-24(32)15-12-26-27-13-15/h3,5-9,11-13H,4,10H2,1-2H3,(H2,25,31)(H,26,27)(H,28,32)(H,33,34). The Balaban J connectivity index is 1.62. The number of primary amides is 1. The SMILES string of the molecule is CS(C)(=O)(O)c1ccc(-n2nc(C(N)=O)c3c2-c2cc(NC(=O)c4cn[nH]c4)ccc2CC3)cc1. The van der Waals surface area contributed by atoms with E-state index >= 15 is 0 Å². The molecule has 5 rings (SSSR count). The number of amides is 2. The first-order chi connectivity index (χ1) is 16.5. The van der Waals surface area contributed by atoms with E-state index in [4.69, 9.17) is 5.73 Å². The Bertz CT molecular complexity index is 1540. The molecule has 11 heteroatoms. The van der Waals surface area contributed by atoms with Gasteiger partial charge in [-0.3, -0.25) is 19.2 Å². The van der Waals surface area contributed by atoms with E-state index < -0.39 is 15.3 Å². The second-order valence-electron chi connectivity index (χ2n) is 9.02. The van der Waals surface area contributed by atoms with Crippen LogP contribution in [0.1, 0.15) is 32.0 Å². The van der Waals surface area contributed by atoms with Crippen LogP contribution in [-0.4, -0.2) is 53.1 Å². The zero-order chi connectivity index (χ0) is 25.0. The summed E-state index contributed by atoms with van der Waals surface area (Å²) in [6, 6.07) is 12.1. The molecule has 0 unspecified atom stereocenters. The monoisotopic (exact) mass is 492 g/mol. The fourth-order valence-electron chi connectivity index (χ4n) is 4.26. The molecule has 0 radical (unpaired) electrons. The topological polar surface area (TPSA) is 156 Å². The molecule has 1 aliphatic carbocycles. The molecule has 0 saturated heterocycles. The quantitative estimate of drug-likeness (QED) is 0.336. The number of aromatic nitrogens is 4. The minimum atomic E-state index is -3.92. The first-order valence-electron chi connectivity index (χ1n) is 10.8. The Morgan fingerprint density at radius 3 is 2.51 bits per heavy atom. The third-order valence-electron chi connectivity index (χ3n) is 6.00. The van der Waals surface area contributed by atoms with Crippen LogP contribution in [0.25, 0.3) is 16.9 Å². The summed E-state index contributed by atoms with van der Waals surface area (Å²) in [5.41, 5.74) is 10.7. The van der Waals surface area contributed by atoms with Gasteiger partial charge in [0, 0.05) is 35.5 Å². The summed E-state index contributed by atoms with van der Waals surface area (Å²) in [5.74, 6) is -0.941. The number of carbonyl (C=O) groups is 2. The number of anilines is 1. The van der Waals surface area contributed by atoms with E-state index in [0.717, 1.165) is 16.7 Å². The highest BCUT2D eigenvalue weighted by Crippen LogP contribution is 2.39. The molecule has 0 atom stereocenters. The van der Waals surface area contributed by atoms with E-state index in [2.05, 4.69) is 20.6 Å². The zero-order valence-electron chi connectivity index (χ0n) is 19.1. The highest BCUT2D eigenvalue weighted by atomic mass is 32.3. The second kappa shape index (κ2) is 7.72. The molecule has 5 N–H and O–H groups in total. The summed E-state index contributed by atoms with van der Waals surface area (Å²) in [5, 5.41) is 13.8. The molecule has 4 aromatic rings. The maximum atomic E-state index is 12.6. The summed E-state index contributed by atoms with van der Waals surface area (Å²) < 4.78 is 24.5. The Morgan fingerprint density at radius 2 is 1.89 bits per heavy atom. The highest BCUT2D eigenvalue weighted by Gasteiger charge is 2.29. The van der Waals surface area contributed by atoms with Crippen molar-refractivity contribution in [2.45, 2.75) is 17.7 Å². The van der Waals surface area contributed by atoms with Crippen molar-refractivity contribution >= 4 is 26.8 Å². The van der Waals surface area contributed by atoms with Gasteiger partial charge in [-0.2, -0.15) is 19.5 Å². The molecule has 2 amide bonds. The smallest absolute Gasteiger partial charge is 0.269 e. The zero-order valence-corrected chi connectivity index (χ0v) is 19.9. The summed E-state index contributed by atoms with van der Waals surface area (Å²) >= 11 is 0. The molecule has 1 aliphatic rings. The molecule has 2 aromatic carbocycles. The van der Waals surface area contributed by atoms with Crippen molar-refractivity contribution in [3.63, 3.8) is 0 Å². The Hall–Kier alpha value is -4.09. The van der Waals surface area contributed by atoms with Crippen molar-refractivity contribution in [2.24, 2.45) is 5.73 Å². The number of carbonyl (C=O) groups excluding carboxylic acids is 2. The summed E-state index contributed by atoms with van der Waals surface area (Å²) in [6.07, 6.45) is 6.79. The minimum absolute atomic E-state index is 0.178. The van der Waals surface area contributed by atoms with Gasteiger partial charge < -0.3 is 11.1 Å². The van der Waals surface area contributed by atoms with Crippen LogP contribution in [0, 0.1) is 0 Å². The second-order valence-corrected chi connectivity index (χ2v) is 13.0. The maximum Gasteiger partial charge on any atom is 0.269 e. The van der Waals surface area contributed by atoms with Crippen molar-refractivity contribution < 1.29 is 18.4 Å². The summed E-state index contributed by atoms with van der Waals surface area (Å²) in [7, 11) is -3.92. The number of nitrogens with zero attached hydrogens (tertiary/aromatic N) is 3. The predicted octanol–water partition coefficient (Wildman–Crippen LogP) is 2.62. The lowest BCUT2D eigenvalue weighted by Gasteiger charge is -2.34. The van der Waals surface area contributed by atoms with E-state index in [1.807, 2.05) is 18.2 Å². The molecular formula is C24H24N6O4S. The Morgan fingerprint density at radius 1 is 1.14 bits per heavy atom. The number of rotatable bonds is 5. The number of hydrogen-bond acceptors (Lipinski definition) is 5. The number of H-pyrrole nitrogens is 1. The molecule has 180 valence electrons. The lowest BCUT2D eigenvalue weighted by Crippen LogP contribution is -2.28. The minimum Gasteiger partial charge on any atom is -0.364 e. The summed E-state index contributed by atoms with van der Waals surface area (Å²) in [4.78, 5) is 25.0. The van der Waals surface area contributed by atoms with Gasteiger partial charge in [0.1, 0.15) is 0 Å². The van der Waals surface area contributed by atoms with Gasteiger partial charge in [-0.15, -0.1) is 0 Å². The maximum absolute atomic E-state index is 12.6. The van der Waals surface area contributed by atoms with Crippen LogP contribution in [-0.2, 0) is 22.2 Å². The van der Waals surface area contributed by atoms with Gasteiger partial charge in [0.2, 0.25) is 0 Å². The number of fused-ring (bicyclic) bond motifs is 3. The van der Waals surface area contributed by atoms with Gasteiger partial charge in [0.15, 0.2) is 5.69 Å². The van der Waals surface area contributed by atoms with Crippen molar-refractivity contribution in [3.8, 4) is 16.9 Å². The number of aryl methyl sites for hydroxylation is 1. The number of benzene rings is 2. The fraction of sp³-hybridized carbons (Fsp3) is 0.167. The van der Waals surface area contributed by atoms with Crippen LogP contribution in [0.15, 0.2) is 59.8 Å². The largest absolute Gasteiger partial charge is 0.364 e. The van der Waals surface area contributed by atoms with E-state index in [1.54, 1.807) is 28.9 Å². The van der Waals surface area contributed by atoms with Gasteiger partial charge in [-0.25, -0.2) is 8.89 Å². The molecule has 0 bridgehead atoms. The third kappa shape index (κ3) is 4.15. The van der Waals surface area contributed by atoms with Gasteiger partial charge >= 0.3 is 0 Å². The lowest BCUT2D eigenvalue weighted by atomic mass is 9.88. The van der Waals surface area contributed by atoms with Crippen LogP contribution >= 0.6 is 0 Å². The van der Waals surface area contributed by atoms with Gasteiger partial charge in [-0.05, 0) is 54.8 Å². The number of nitrogens with two attached hydrogens (primary N) is 1. The normalized spacial score (nSPS) is 13.9. The molecule has 2 aromatic heterocycles. The average molecular weight is 493 g/mol. The van der Waals surface area contributed by atoms with Crippen LogP contribution in [0.2, 0.25) is 0 Å². The van der Waals surface area contributed by atoms with Gasteiger partial charge in [0.05, 0.1) is 28.0 Å². The molecular weight excluding hydrogens is 468 g/mol. The highest BCUT2D eigenvalue weighted by molar-refractivity contribution is 8.14. The Kier molecular flexibility index (Phi) is 5.00. The molecule has 0 spiro atoms. The van der Waals surface area contributed by atoms with Crippen molar-refractivity contribution in [1.82, 2.24) is 20.0 Å². The van der Waals surface area contributed by atoms with E-state index in [9.17, 15) is 18.4 Å². The average Bonchev–Trinajstić information content (AvgIpc) is 3.47. The van der Waals surface area contributed by atoms with E-state index in [0.29, 0.717) is 40.4 Å². The molecule has 10 nitrogen and oxygen atoms in total. The van der Waals surface area contributed by atoms with Gasteiger partial charge in [0.25, 0.3) is 11.8 Å². The van der Waals surface area contributed by atoms with Crippen LogP contribution in [0.5, 0.6) is 0 Å². The first-order valence-corrected chi connectivity index (χ1v) is 13.5. The number of aromatic amines is 1. The number of nitrogens with one attached hydrogen (secondary N) is 2. The lowest BCUT2D eigenvalue weighted by molar-refractivity contribution is 0.0992. The molecule has 35 heavy (non-hydrogen) atoms. The van der Waals surface area contributed by atoms with Crippen molar-refractivity contribution in [3.05, 3.63) is 77.2 Å². The van der Waals surface area contributed by atoms with Crippen LogP contribution in [0.3, 0.4) is 0 Å². The number of hydrogen-bond donors (Lipinski definition) is 4. The predicted molar refractivity (Wildman–Crippen MR) is 132 cm³/mol. The summed E-state index contributed by atoms with van der Waals surface area (Å²) in [6.45, 7) is 0. The molecule has 2 heterocycles.